The lowest BCUT2D eigenvalue weighted by Gasteiger charge is -2.15. The number of nitrogens with zero attached hydrogens (tertiary/aromatic N) is 2. The highest BCUT2D eigenvalue weighted by Crippen LogP contribution is 2.18. The maximum atomic E-state index is 13.4. The first-order valence-electron chi connectivity index (χ1n) is 9.47. The number of nitrogens with two attached hydrogens (primary N) is 1. The van der Waals surface area contributed by atoms with E-state index in [1.54, 1.807) is 6.07 Å². The summed E-state index contributed by atoms with van der Waals surface area (Å²) in [6.07, 6.45) is 1.45. The summed E-state index contributed by atoms with van der Waals surface area (Å²) in [5, 5.41) is 0. The van der Waals surface area contributed by atoms with E-state index in [0.717, 1.165) is 37.2 Å². The van der Waals surface area contributed by atoms with E-state index in [1.807, 2.05) is 18.2 Å². The van der Waals surface area contributed by atoms with Gasteiger partial charge in [0.15, 0.2) is 0 Å². The smallest absolute Gasteiger partial charge is 0.251 e. The molecule has 0 aliphatic carbocycles. The molecule has 3 N–H and O–H groups in total. The van der Waals surface area contributed by atoms with Gasteiger partial charge in [-0.1, -0.05) is 36.4 Å². The zero-order valence-electron chi connectivity index (χ0n) is 15.6. The van der Waals surface area contributed by atoms with E-state index in [4.69, 9.17) is 5.73 Å². The summed E-state index contributed by atoms with van der Waals surface area (Å²) in [6, 6.07) is 16.1. The third kappa shape index (κ3) is 4.52. The number of halogens is 1. The zero-order valence-corrected chi connectivity index (χ0v) is 15.6. The van der Waals surface area contributed by atoms with Gasteiger partial charge in [0.05, 0.1) is 5.69 Å². The van der Waals surface area contributed by atoms with Crippen molar-refractivity contribution in [3.05, 3.63) is 87.6 Å². The Bertz CT molecular complexity index is 1020. The van der Waals surface area contributed by atoms with Crippen LogP contribution in [0.2, 0.25) is 0 Å². The number of hydrogen-bond donors (Lipinski definition) is 2. The molecule has 0 radical (unpaired) electrons. The summed E-state index contributed by atoms with van der Waals surface area (Å²) < 4.78 is 13.4. The summed E-state index contributed by atoms with van der Waals surface area (Å²) in [5.41, 5.74) is 9.19. The van der Waals surface area contributed by atoms with Crippen LogP contribution in [0.1, 0.15) is 23.2 Å². The second-order valence-corrected chi connectivity index (χ2v) is 7.37. The van der Waals surface area contributed by atoms with Gasteiger partial charge in [0.1, 0.15) is 11.6 Å². The lowest BCUT2D eigenvalue weighted by atomic mass is 10.1. The van der Waals surface area contributed by atoms with Crippen molar-refractivity contribution < 1.29 is 4.39 Å². The fraction of sp³-hybridized carbons (Fsp3) is 0.273. The SMILES string of the molecule is N[C@@H]1CCN(Cc2ccc(-c3nc(Cc4cccc(F)c4)cc(=O)[nH]3)cc2)C1. The van der Waals surface area contributed by atoms with E-state index < -0.39 is 0 Å². The fourth-order valence-corrected chi connectivity index (χ4v) is 3.62. The van der Waals surface area contributed by atoms with E-state index in [9.17, 15) is 9.18 Å². The summed E-state index contributed by atoms with van der Waals surface area (Å²) in [4.78, 5) is 21.8. The largest absolute Gasteiger partial charge is 0.326 e. The summed E-state index contributed by atoms with van der Waals surface area (Å²) in [5.74, 6) is 0.228. The molecule has 1 fully saturated rings. The quantitative estimate of drug-likeness (QED) is 0.716. The van der Waals surface area contributed by atoms with Crippen LogP contribution in [-0.2, 0) is 13.0 Å². The number of aromatic amines is 1. The second-order valence-electron chi connectivity index (χ2n) is 7.37. The Morgan fingerprint density at radius 3 is 2.68 bits per heavy atom. The maximum Gasteiger partial charge on any atom is 0.251 e. The van der Waals surface area contributed by atoms with Crippen molar-refractivity contribution in [3.8, 4) is 11.4 Å². The Morgan fingerprint density at radius 1 is 1.14 bits per heavy atom. The molecule has 0 amide bonds. The molecule has 2 heterocycles. The number of likely N-dealkylation sites (tertiary alicyclic amines) is 1. The Morgan fingerprint density at radius 2 is 1.96 bits per heavy atom. The first kappa shape index (κ1) is 18.5. The molecule has 28 heavy (non-hydrogen) atoms. The average Bonchev–Trinajstić information content (AvgIpc) is 3.06. The van der Waals surface area contributed by atoms with Gasteiger partial charge in [0.25, 0.3) is 5.56 Å². The normalized spacial score (nSPS) is 17.1. The molecular weight excluding hydrogens is 355 g/mol. The van der Waals surface area contributed by atoms with Crippen LogP contribution < -0.4 is 11.3 Å². The summed E-state index contributed by atoms with van der Waals surface area (Å²) >= 11 is 0. The molecule has 5 nitrogen and oxygen atoms in total. The van der Waals surface area contributed by atoms with Gasteiger partial charge in [0, 0.05) is 43.7 Å². The Balaban J connectivity index is 1.52. The predicted molar refractivity (Wildman–Crippen MR) is 107 cm³/mol. The molecule has 0 saturated carbocycles. The molecule has 144 valence electrons. The Labute approximate surface area is 163 Å². The van der Waals surface area contributed by atoms with Gasteiger partial charge < -0.3 is 10.7 Å². The van der Waals surface area contributed by atoms with E-state index in [-0.39, 0.29) is 17.4 Å². The molecule has 4 rings (SSSR count). The third-order valence-electron chi connectivity index (χ3n) is 5.01. The maximum absolute atomic E-state index is 13.4. The number of H-pyrrole nitrogens is 1. The van der Waals surface area contributed by atoms with Crippen LogP contribution in [0, 0.1) is 5.82 Å². The molecule has 1 aromatic heterocycles. The standard InChI is InChI=1S/C22H23FN4O/c23-18-3-1-2-16(10-18)11-20-12-21(28)26-22(25-20)17-6-4-15(5-7-17)13-27-9-8-19(24)14-27/h1-7,10,12,19H,8-9,11,13-14,24H2,(H,25,26,28)/t19-/m1/s1. The number of benzene rings is 2. The first-order valence-corrected chi connectivity index (χ1v) is 9.47. The van der Waals surface area contributed by atoms with Crippen LogP contribution in [0.3, 0.4) is 0 Å². The van der Waals surface area contributed by atoms with Gasteiger partial charge in [-0.3, -0.25) is 9.69 Å². The number of hydrogen-bond acceptors (Lipinski definition) is 4. The first-order chi connectivity index (χ1) is 13.5. The van der Waals surface area contributed by atoms with Crippen LogP contribution in [0.4, 0.5) is 4.39 Å². The van der Waals surface area contributed by atoms with E-state index in [2.05, 4.69) is 27.0 Å². The Kier molecular flexibility index (Phi) is 5.32. The molecule has 1 aliphatic heterocycles. The van der Waals surface area contributed by atoms with Crippen LogP contribution in [0.5, 0.6) is 0 Å². The van der Waals surface area contributed by atoms with Crippen molar-refractivity contribution in [2.45, 2.75) is 25.4 Å². The van der Waals surface area contributed by atoms with Crippen molar-refractivity contribution in [1.82, 2.24) is 14.9 Å². The number of aromatic nitrogens is 2. The molecule has 1 saturated heterocycles. The zero-order chi connectivity index (χ0) is 19.5. The minimum Gasteiger partial charge on any atom is -0.326 e. The molecule has 0 bridgehead atoms. The number of nitrogens with one attached hydrogen (secondary N) is 1. The van der Waals surface area contributed by atoms with Crippen LogP contribution >= 0.6 is 0 Å². The van der Waals surface area contributed by atoms with Crippen molar-refractivity contribution in [2.24, 2.45) is 5.73 Å². The topological polar surface area (TPSA) is 75.0 Å². The highest BCUT2D eigenvalue weighted by molar-refractivity contribution is 5.55. The van der Waals surface area contributed by atoms with Crippen molar-refractivity contribution >= 4 is 0 Å². The lowest BCUT2D eigenvalue weighted by molar-refractivity contribution is 0.327. The molecule has 6 heteroatoms. The minimum absolute atomic E-state index is 0.216. The van der Waals surface area contributed by atoms with E-state index in [0.29, 0.717) is 17.9 Å². The van der Waals surface area contributed by atoms with Gasteiger partial charge in [-0.15, -0.1) is 0 Å². The monoisotopic (exact) mass is 378 g/mol. The molecule has 3 aromatic rings. The van der Waals surface area contributed by atoms with Crippen LogP contribution in [-0.4, -0.2) is 34.0 Å². The van der Waals surface area contributed by atoms with Gasteiger partial charge in [-0.2, -0.15) is 0 Å². The molecule has 2 aromatic carbocycles. The highest BCUT2D eigenvalue weighted by atomic mass is 19.1. The van der Waals surface area contributed by atoms with Gasteiger partial charge >= 0.3 is 0 Å². The van der Waals surface area contributed by atoms with Crippen LogP contribution in [0.25, 0.3) is 11.4 Å². The molecule has 0 unspecified atom stereocenters. The van der Waals surface area contributed by atoms with Gasteiger partial charge in [-0.05, 0) is 29.7 Å². The third-order valence-corrected chi connectivity index (χ3v) is 5.01. The van der Waals surface area contributed by atoms with Crippen molar-refractivity contribution in [1.29, 1.82) is 0 Å². The summed E-state index contributed by atoms with van der Waals surface area (Å²) in [7, 11) is 0. The Hall–Kier alpha value is -2.83. The second kappa shape index (κ2) is 8.04. The molecule has 1 aliphatic rings. The predicted octanol–water partition coefficient (Wildman–Crippen LogP) is 2.70. The van der Waals surface area contributed by atoms with Crippen molar-refractivity contribution in [2.75, 3.05) is 13.1 Å². The lowest BCUT2D eigenvalue weighted by Crippen LogP contribution is -2.26. The molecular formula is C22H23FN4O. The number of rotatable bonds is 5. The molecule has 0 spiro atoms. The van der Waals surface area contributed by atoms with E-state index in [1.165, 1.54) is 23.8 Å². The average molecular weight is 378 g/mol. The van der Waals surface area contributed by atoms with Crippen LogP contribution in [0.15, 0.2) is 59.4 Å². The highest BCUT2D eigenvalue weighted by Gasteiger charge is 2.18. The summed E-state index contributed by atoms with van der Waals surface area (Å²) in [6.45, 7) is 2.83. The minimum atomic E-state index is -0.294. The van der Waals surface area contributed by atoms with Gasteiger partial charge in [-0.25, -0.2) is 9.37 Å². The fourth-order valence-electron chi connectivity index (χ4n) is 3.62. The van der Waals surface area contributed by atoms with E-state index >= 15 is 0 Å². The molecule has 1 atom stereocenters. The van der Waals surface area contributed by atoms with Crippen molar-refractivity contribution in [3.63, 3.8) is 0 Å². The van der Waals surface area contributed by atoms with Gasteiger partial charge in [0.2, 0.25) is 0 Å².